The molecule has 0 spiro atoms. The van der Waals surface area contributed by atoms with Crippen molar-refractivity contribution >= 4 is 17.7 Å². The Hall–Kier alpha value is -4.40. The Labute approximate surface area is 226 Å². The van der Waals surface area contributed by atoms with Crippen molar-refractivity contribution in [1.29, 1.82) is 0 Å². The molecular weight excluding hydrogens is 500 g/mol. The lowest BCUT2D eigenvalue weighted by Gasteiger charge is -2.24. The summed E-state index contributed by atoms with van der Waals surface area (Å²) in [6.45, 7) is 4.00. The van der Waals surface area contributed by atoms with Gasteiger partial charge in [0.25, 0.3) is 5.56 Å². The molecule has 0 saturated heterocycles. The highest BCUT2D eigenvalue weighted by Crippen LogP contribution is 2.35. The van der Waals surface area contributed by atoms with Crippen LogP contribution in [0.25, 0.3) is 0 Å². The zero-order valence-corrected chi connectivity index (χ0v) is 22.1. The Kier molecular flexibility index (Phi) is 9.14. The van der Waals surface area contributed by atoms with E-state index < -0.39 is 35.3 Å². The van der Waals surface area contributed by atoms with Crippen LogP contribution in [0.4, 0.5) is 0 Å². The summed E-state index contributed by atoms with van der Waals surface area (Å²) in [7, 11) is 0. The van der Waals surface area contributed by atoms with Crippen molar-refractivity contribution in [2.45, 2.75) is 51.6 Å². The van der Waals surface area contributed by atoms with Crippen molar-refractivity contribution < 1.29 is 28.6 Å². The maximum absolute atomic E-state index is 13.7. The number of amides is 1. The van der Waals surface area contributed by atoms with Crippen LogP contribution in [0.15, 0.2) is 71.7 Å². The van der Waals surface area contributed by atoms with Gasteiger partial charge in [0.1, 0.15) is 6.04 Å². The number of carbonyl (C=O) groups excluding carboxylic acids is 3. The van der Waals surface area contributed by atoms with Crippen molar-refractivity contribution in [3.8, 4) is 11.5 Å². The van der Waals surface area contributed by atoms with E-state index >= 15 is 0 Å². The zero-order valence-electron chi connectivity index (χ0n) is 22.1. The second kappa shape index (κ2) is 12.9. The number of esters is 1. The molecule has 2 aromatic carbocycles. The fourth-order valence-corrected chi connectivity index (χ4v) is 4.50. The molecule has 9 heteroatoms. The molecule has 9 nitrogen and oxygen atoms in total. The highest BCUT2D eigenvalue weighted by atomic mass is 16.7. The topological polar surface area (TPSA) is 113 Å². The minimum Gasteiger partial charge on any atom is -0.466 e. The summed E-state index contributed by atoms with van der Waals surface area (Å²) in [4.78, 5) is 52.8. The number of nitrogens with zero attached hydrogens (tertiary/aromatic N) is 1. The van der Waals surface area contributed by atoms with E-state index in [-0.39, 0.29) is 25.4 Å². The third-order valence-corrected chi connectivity index (χ3v) is 6.52. The van der Waals surface area contributed by atoms with Crippen LogP contribution in [-0.2, 0) is 14.3 Å². The molecule has 2 atom stereocenters. The molecule has 39 heavy (non-hydrogen) atoms. The van der Waals surface area contributed by atoms with Crippen LogP contribution in [0.1, 0.15) is 73.1 Å². The van der Waals surface area contributed by atoms with E-state index in [1.807, 2.05) is 6.92 Å². The number of benzene rings is 2. The van der Waals surface area contributed by atoms with Crippen molar-refractivity contribution in [2.24, 2.45) is 0 Å². The number of hydrogen-bond donors (Lipinski definition) is 1. The largest absolute Gasteiger partial charge is 0.466 e. The number of unbranched alkanes of at least 4 members (excludes halogenated alkanes) is 1. The zero-order chi connectivity index (χ0) is 27.8. The molecule has 0 saturated carbocycles. The minimum absolute atomic E-state index is 0.0168. The van der Waals surface area contributed by atoms with Gasteiger partial charge in [0.2, 0.25) is 12.7 Å². The monoisotopic (exact) mass is 532 g/mol. The first-order valence-electron chi connectivity index (χ1n) is 13.1. The molecular formula is C30H32N2O7. The normalized spacial score (nSPS) is 13.4. The van der Waals surface area contributed by atoms with Crippen molar-refractivity contribution in [3.05, 3.63) is 93.9 Å². The van der Waals surface area contributed by atoms with E-state index in [4.69, 9.17) is 14.2 Å². The molecule has 0 radical (unpaired) electrons. The van der Waals surface area contributed by atoms with Crippen LogP contribution >= 0.6 is 0 Å². The first kappa shape index (κ1) is 27.6. The third kappa shape index (κ3) is 6.54. The predicted molar refractivity (Wildman–Crippen MR) is 144 cm³/mol. The fraction of sp³-hybridized carbons (Fsp3) is 0.333. The van der Waals surface area contributed by atoms with E-state index in [1.165, 1.54) is 16.8 Å². The summed E-state index contributed by atoms with van der Waals surface area (Å²) in [6.07, 6.45) is 3.26. The first-order valence-corrected chi connectivity index (χ1v) is 13.1. The molecule has 1 N–H and O–H groups in total. The summed E-state index contributed by atoms with van der Waals surface area (Å²) in [5.41, 5.74) is 0.457. The number of carbonyl (C=O) groups is 3. The molecule has 4 rings (SSSR count). The maximum atomic E-state index is 13.7. The number of nitrogens with one attached hydrogen (secondary N) is 1. The SMILES string of the molecule is CCCCC(C(=O)NC(CC(=O)OCC)c1ccc2c(c1)OCO2)n1cccc(C(=O)c2ccccc2)c1=O. The smallest absolute Gasteiger partial charge is 0.308 e. The molecule has 1 amide bonds. The lowest BCUT2D eigenvalue weighted by molar-refractivity contribution is -0.143. The number of rotatable bonds is 12. The molecule has 1 aliphatic rings. The van der Waals surface area contributed by atoms with Gasteiger partial charge in [-0.05, 0) is 43.2 Å². The Morgan fingerprint density at radius 3 is 2.51 bits per heavy atom. The lowest BCUT2D eigenvalue weighted by atomic mass is 10.0. The van der Waals surface area contributed by atoms with E-state index in [2.05, 4.69) is 5.32 Å². The summed E-state index contributed by atoms with van der Waals surface area (Å²) in [5, 5.41) is 2.95. The first-order chi connectivity index (χ1) is 18.9. The second-order valence-electron chi connectivity index (χ2n) is 9.17. The van der Waals surface area contributed by atoms with Gasteiger partial charge in [-0.2, -0.15) is 0 Å². The van der Waals surface area contributed by atoms with E-state index in [9.17, 15) is 19.2 Å². The van der Waals surface area contributed by atoms with Crippen LogP contribution in [0.2, 0.25) is 0 Å². The molecule has 1 aromatic heterocycles. The highest BCUT2D eigenvalue weighted by Gasteiger charge is 2.28. The van der Waals surface area contributed by atoms with Gasteiger partial charge in [0.05, 0.1) is 24.6 Å². The van der Waals surface area contributed by atoms with Crippen LogP contribution in [0, 0.1) is 0 Å². The minimum atomic E-state index is -0.889. The quantitative estimate of drug-likeness (QED) is 0.273. The summed E-state index contributed by atoms with van der Waals surface area (Å²) >= 11 is 0. The number of hydrogen-bond acceptors (Lipinski definition) is 7. The highest BCUT2D eigenvalue weighted by molar-refractivity contribution is 6.08. The van der Waals surface area contributed by atoms with Gasteiger partial charge < -0.3 is 24.1 Å². The molecule has 0 bridgehead atoms. The number of ketones is 1. The Bertz CT molecular complexity index is 1380. The molecule has 3 aromatic rings. The van der Waals surface area contributed by atoms with Crippen LogP contribution in [0.3, 0.4) is 0 Å². The van der Waals surface area contributed by atoms with Gasteiger partial charge >= 0.3 is 5.97 Å². The molecule has 0 fully saturated rings. The van der Waals surface area contributed by atoms with Crippen molar-refractivity contribution in [2.75, 3.05) is 13.4 Å². The molecule has 204 valence electrons. The van der Waals surface area contributed by atoms with Crippen molar-refractivity contribution in [1.82, 2.24) is 9.88 Å². The molecule has 2 heterocycles. The molecule has 1 aliphatic heterocycles. The predicted octanol–water partition coefficient (Wildman–Crippen LogP) is 4.35. The Morgan fingerprint density at radius 1 is 1.00 bits per heavy atom. The number of aromatic nitrogens is 1. The summed E-state index contributed by atoms with van der Waals surface area (Å²) < 4.78 is 17.3. The Balaban J connectivity index is 1.65. The van der Waals surface area contributed by atoms with Crippen LogP contribution in [0.5, 0.6) is 11.5 Å². The molecule has 2 unspecified atom stereocenters. The number of ether oxygens (including phenoxy) is 3. The van der Waals surface area contributed by atoms with E-state index in [1.54, 1.807) is 61.5 Å². The summed E-state index contributed by atoms with van der Waals surface area (Å²) in [5.74, 6) is -0.237. The van der Waals surface area contributed by atoms with E-state index in [0.29, 0.717) is 35.5 Å². The standard InChI is InChI=1S/C30H32N2O7/c1-3-5-13-24(32-16-9-12-22(30(32)36)28(34)20-10-7-6-8-11-20)29(35)31-23(18-27(33)37-4-2)21-14-15-25-26(17-21)39-19-38-25/h6-12,14-17,23-24H,3-5,13,18-19H2,1-2H3,(H,31,35). The van der Waals surface area contributed by atoms with Gasteiger partial charge in [-0.1, -0.05) is 56.2 Å². The van der Waals surface area contributed by atoms with Crippen LogP contribution < -0.4 is 20.3 Å². The molecule has 0 aliphatic carbocycles. The van der Waals surface area contributed by atoms with E-state index in [0.717, 1.165) is 6.42 Å². The van der Waals surface area contributed by atoms with Gasteiger partial charge in [0, 0.05) is 11.8 Å². The fourth-order valence-electron chi connectivity index (χ4n) is 4.50. The average molecular weight is 533 g/mol. The number of fused-ring (bicyclic) bond motifs is 1. The van der Waals surface area contributed by atoms with Gasteiger partial charge in [-0.25, -0.2) is 0 Å². The Morgan fingerprint density at radius 2 is 1.77 bits per heavy atom. The van der Waals surface area contributed by atoms with Gasteiger partial charge in [-0.3, -0.25) is 19.2 Å². The maximum Gasteiger partial charge on any atom is 0.308 e. The van der Waals surface area contributed by atoms with Crippen molar-refractivity contribution in [3.63, 3.8) is 0 Å². The van der Waals surface area contributed by atoms with Gasteiger partial charge in [-0.15, -0.1) is 0 Å². The third-order valence-electron chi connectivity index (χ3n) is 6.52. The van der Waals surface area contributed by atoms with Gasteiger partial charge in [0.15, 0.2) is 17.3 Å². The van der Waals surface area contributed by atoms with Crippen LogP contribution in [-0.4, -0.2) is 35.6 Å². The lowest BCUT2D eigenvalue weighted by Crippen LogP contribution is -2.40. The average Bonchev–Trinajstić information content (AvgIpc) is 3.42. The summed E-state index contributed by atoms with van der Waals surface area (Å²) in [6, 6.07) is 15.2. The number of pyridine rings is 1. The second-order valence-corrected chi connectivity index (χ2v) is 9.17.